The zero-order valence-corrected chi connectivity index (χ0v) is 6.64. The van der Waals surface area contributed by atoms with Crippen molar-refractivity contribution in [1.82, 2.24) is 5.32 Å². The molecule has 10 heavy (non-hydrogen) atoms. The van der Waals surface area contributed by atoms with E-state index in [9.17, 15) is 5.11 Å². The molecule has 1 aliphatic heterocycles. The highest BCUT2D eigenvalue weighted by molar-refractivity contribution is 4.74. The number of aliphatic hydroxyl groups excluding tert-OH is 1. The summed E-state index contributed by atoms with van der Waals surface area (Å²) in [5.41, 5.74) is 0. The van der Waals surface area contributed by atoms with E-state index in [0.717, 1.165) is 19.5 Å². The minimum Gasteiger partial charge on any atom is -0.392 e. The van der Waals surface area contributed by atoms with Crippen molar-refractivity contribution < 1.29 is 5.11 Å². The molecule has 0 aliphatic carbocycles. The summed E-state index contributed by atoms with van der Waals surface area (Å²) in [5.74, 6) is 0.716. The van der Waals surface area contributed by atoms with Crippen LogP contribution in [-0.4, -0.2) is 24.3 Å². The van der Waals surface area contributed by atoms with E-state index in [0.29, 0.717) is 5.92 Å². The Kier molecular flexibility index (Phi) is 3.16. The molecule has 0 aromatic rings. The number of hydrogen-bond acceptors (Lipinski definition) is 2. The first-order valence-electron chi connectivity index (χ1n) is 4.21. The van der Waals surface area contributed by atoms with Crippen LogP contribution in [0.25, 0.3) is 0 Å². The average molecular weight is 143 g/mol. The zero-order valence-electron chi connectivity index (χ0n) is 6.64. The molecule has 0 saturated carbocycles. The Morgan fingerprint density at radius 1 is 1.50 bits per heavy atom. The Morgan fingerprint density at radius 3 is 2.90 bits per heavy atom. The van der Waals surface area contributed by atoms with Crippen LogP contribution in [0.3, 0.4) is 0 Å². The van der Waals surface area contributed by atoms with Gasteiger partial charge in [-0.3, -0.25) is 0 Å². The monoisotopic (exact) mass is 143 g/mol. The lowest BCUT2D eigenvalue weighted by molar-refractivity contribution is 0.111. The van der Waals surface area contributed by atoms with Crippen molar-refractivity contribution in [3.05, 3.63) is 0 Å². The highest BCUT2D eigenvalue weighted by Gasteiger charge is 2.18. The van der Waals surface area contributed by atoms with Gasteiger partial charge in [0.15, 0.2) is 0 Å². The van der Waals surface area contributed by atoms with Gasteiger partial charge < -0.3 is 10.4 Å². The van der Waals surface area contributed by atoms with E-state index in [1.807, 2.05) is 0 Å². The topological polar surface area (TPSA) is 32.3 Å². The normalized spacial score (nSPS) is 34.2. The second kappa shape index (κ2) is 3.94. The number of piperidine rings is 1. The molecule has 1 saturated heterocycles. The summed E-state index contributed by atoms with van der Waals surface area (Å²) >= 11 is 0. The Balaban J connectivity index is 2.18. The number of β-amino-alcohol motifs (C(OH)–C–C–N with tert-alkyl or cyclic N) is 1. The van der Waals surface area contributed by atoms with E-state index in [1.165, 1.54) is 12.8 Å². The summed E-state index contributed by atoms with van der Waals surface area (Å²) in [4.78, 5) is 0. The van der Waals surface area contributed by atoms with Crippen molar-refractivity contribution in [2.24, 2.45) is 5.92 Å². The first-order valence-corrected chi connectivity index (χ1v) is 4.21. The lowest BCUT2D eigenvalue weighted by Crippen LogP contribution is -2.39. The fraction of sp³-hybridized carbons (Fsp3) is 1.00. The highest BCUT2D eigenvalue weighted by Crippen LogP contribution is 2.15. The summed E-state index contributed by atoms with van der Waals surface area (Å²) in [6, 6.07) is 0. The van der Waals surface area contributed by atoms with Gasteiger partial charge in [-0.1, -0.05) is 13.3 Å². The van der Waals surface area contributed by atoms with E-state index < -0.39 is 0 Å². The van der Waals surface area contributed by atoms with Crippen molar-refractivity contribution in [2.75, 3.05) is 13.1 Å². The van der Waals surface area contributed by atoms with Gasteiger partial charge in [0.05, 0.1) is 6.10 Å². The first-order chi connectivity index (χ1) is 4.83. The van der Waals surface area contributed by atoms with Crippen LogP contribution in [0.5, 0.6) is 0 Å². The fourth-order valence-electron chi connectivity index (χ4n) is 1.63. The second-order valence-corrected chi connectivity index (χ2v) is 3.20. The molecular formula is C8H17NO. The lowest BCUT2D eigenvalue weighted by atomic mass is 9.93. The Bertz CT molecular complexity index is 93.3. The van der Waals surface area contributed by atoms with Crippen LogP contribution in [0, 0.1) is 5.92 Å². The molecule has 2 N–H and O–H groups in total. The Labute approximate surface area is 62.6 Å². The molecule has 1 rings (SSSR count). The Hall–Kier alpha value is -0.0800. The van der Waals surface area contributed by atoms with Gasteiger partial charge in [0, 0.05) is 6.54 Å². The SMILES string of the molecule is CCC[C@H]1CNC[C@@H](O)C1. The molecule has 60 valence electrons. The van der Waals surface area contributed by atoms with E-state index >= 15 is 0 Å². The van der Waals surface area contributed by atoms with Gasteiger partial charge in [0.2, 0.25) is 0 Å². The standard InChI is InChI=1S/C8H17NO/c1-2-3-7-4-8(10)6-9-5-7/h7-10H,2-6H2,1H3/t7-,8+/m1/s1. The van der Waals surface area contributed by atoms with E-state index in [-0.39, 0.29) is 6.10 Å². The predicted octanol–water partition coefficient (Wildman–Crippen LogP) is 0.757. The lowest BCUT2D eigenvalue weighted by Gasteiger charge is -2.26. The van der Waals surface area contributed by atoms with Crippen LogP contribution in [0.2, 0.25) is 0 Å². The molecule has 0 aromatic carbocycles. The molecular weight excluding hydrogens is 126 g/mol. The van der Waals surface area contributed by atoms with Crippen LogP contribution in [0.15, 0.2) is 0 Å². The largest absolute Gasteiger partial charge is 0.392 e. The maximum absolute atomic E-state index is 9.24. The van der Waals surface area contributed by atoms with Crippen LogP contribution in [0.1, 0.15) is 26.2 Å². The van der Waals surface area contributed by atoms with Gasteiger partial charge >= 0.3 is 0 Å². The van der Waals surface area contributed by atoms with Crippen molar-refractivity contribution >= 4 is 0 Å². The van der Waals surface area contributed by atoms with Gasteiger partial charge in [0.1, 0.15) is 0 Å². The minimum absolute atomic E-state index is 0.0923. The quantitative estimate of drug-likeness (QED) is 0.598. The minimum atomic E-state index is -0.0923. The predicted molar refractivity (Wildman–Crippen MR) is 41.9 cm³/mol. The van der Waals surface area contributed by atoms with E-state index in [1.54, 1.807) is 0 Å². The third-order valence-corrected chi connectivity index (χ3v) is 2.12. The average Bonchev–Trinajstić information content (AvgIpc) is 1.88. The van der Waals surface area contributed by atoms with Crippen LogP contribution >= 0.6 is 0 Å². The third-order valence-electron chi connectivity index (χ3n) is 2.12. The van der Waals surface area contributed by atoms with Crippen molar-refractivity contribution in [3.63, 3.8) is 0 Å². The molecule has 2 heteroatoms. The van der Waals surface area contributed by atoms with Gasteiger partial charge in [-0.15, -0.1) is 0 Å². The molecule has 0 bridgehead atoms. The van der Waals surface area contributed by atoms with Gasteiger partial charge in [0.25, 0.3) is 0 Å². The number of hydrogen-bond donors (Lipinski definition) is 2. The van der Waals surface area contributed by atoms with Gasteiger partial charge in [-0.2, -0.15) is 0 Å². The molecule has 2 nitrogen and oxygen atoms in total. The summed E-state index contributed by atoms with van der Waals surface area (Å²) < 4.78 is 0. The van der Waals surface area contributed by atoms with Crippen LogP contribution in [0.4, 0.5) is 0 Å². The van der Waals surface area contributed by atoms with Crippen LogP contribution in [-0.2, 0) is 0 Å². The van der Waals surface area contributed by atoms with Gasteiger partial charge in [-0.05, 0) is 25.3 Å². The molecule has 0 aromatic heterocycles. The maximum atomic E-state index is 9.24. The molecule has 1 aliphatic rings. The molecule has 2 atom stereocenters. The summed E-state index contributed by atoms with van der Waals surface area (Å²) in [5, 5.41) is 12.5. The smallest absolute Gasteiger partial charge is 0.0667 e. The number of nitrogens with one attached hydrogen (secondary N) is 1. The number of aliphatic hydroxyl groups is 1. The summed E-state index contributed by atoms with van der Waals surface area (Å²) in [6.07, 6.45) is 3.40. The molecule has 1 fully saturated rings. The zero-order chi connectivity index (χ0) is 7.40. The maximum Gasteiger partial charge on any atom is 0.0667 e. The van der Waals surface area contributed by atoms with E-state index in [2.05, 4.69) is 12.2 Å². The number of rotatable bonds is 2. The molecule has 1 heterocycles. The fourth-order valence-corrected chi connectivity index (χ4v) is 1.63. The third kappa shape index (κ3) is 2.27. The molecule has 0 radical (unpaired) electrons. The van der Waals surface area contributed by atoms with Crippen molar-refractivity contribution in [1.29, 1.82) is 0 Å². The van der Waals surface area contributed by atoms with Crippen molar-refractivity contribution in [2.45, 2.75) is 32.3 Å². The Morgan fingerprint density at radius 2 is 2.30 bits per heavy atom. The second-order valence-electron chi connectivity index (χ2n) is 3.20. The van der Waals surface area contributed by atoms with Crippen LogP contribution < -0.4 is 5.32 Å². The van der Waals surface area contributed by atoms with Crippen molar-refractivity contribution in [3.8, 4) is 0 Å². The summed E-state index contributed by atoms with van der Waals surface area (Å²) in [6.45, 7) is 4.09. The van der Waals surface area contributed by atoms with Gasteiger partial charge in [-0.25, -0.2) is 0 Å². The molecule has 0 unspecified atom stereocenters. The summed E-state index contributed by atoms with van der Waals surface area (Å²) in [7, 11) is 0. The molecule has 0 spiro atoms. The first kappa shape index (κ1) is 8.02. The highest BCUT2D eigenvalue weighted by atomic mass is 16.3. The van der Waals surface area contributed by atoms with E-state index in [4.69, 9.17) is 0 Å². The molecule has 0 amide bonds.